The molecule has 0 bridgehead atoms. The van der Waals surface area contributed by atoms with Gasteiger partial charge in [0.2, 0.25) is 5.91 Å². The Morgan fingerprint density at radius 3 is 2.39 bits per heavy atom. The predicted molar refractivity (Wildman–Crippen MR) is 77.6 cm³/mol. The van der Waals surface area contributed by atoms with Crippen molar-refractivity contribution in [3.8, 4) is 0 Å². The maximum Gasteiger partial charge on any atom is 0.220 e. The highest BCUT2D eigenvalue weighted by Crippen LogP contribution is 2.22. The van der Waals surface area contributed by atoms with Gasteiger partial charge in [-0.05, 0) is 25.2 Å². The number of amides is 1. The van der Waals surface area contributed by atoms with Crippen molar-refractivity contribution >= 4 is 5.91 Å². The Morgan fingerprint density at radius 1 is 1.00 bits per heavy atom. The third-order valence-corrected chi connectivity index (χ3v) is 4.07. The quantitative estimate of drug-likeness (QED) is 0.605. The lowest BCUT2D eigenvalue weighted by atomic mass is 9.89. The lowest BCUT2D eigenvalue weighted by Crippen LogP contribution is -2.29. The minimum Gasteiger partial charge on any atom is -0.356 e. The normalized spacial score (nSPS) is 16.7. The zero-order valence-electron chi connectivity index (χ0n) is 12.2. The second kappa shape index (κ2) is 10.4. The fourth-order valence-electron chi connectivity index (χ4n) is 2.80. The van der Waals surface area contributed by atoms with E-state index in [2.05, 4.69) is 12.2 Å². The van der Waals surface area contributed by atoms with Crippen molar-refractivity contribution < 1.29 is 4.79 Å². The SMILES string of the molecule is CCCCCCCCC(=O)NCC1CCCCC1. The van der Waals surface area contributed by atoms with Crippen LogP contribution in [0.3, 0.4) is 0 Å². The van der Waals surface area contributed by atoms with E-state index in [-0.39, 0.29) is 5.91 Å². The number of carbonyl (C=O) groups is 1. The summed E-state index contributed by atoms with van der Waals surface area (Å²) < 4.78 is 0. The molecule has 1 aliphatic carbocycles. The molecule has 0 heterocycles. The monoisotopic (exact) mass is 253 g/mol. The van der Waals surface area contributed by atoms with Crippen molar-refractivity contribution in [2.75, 3.05) is 6.54 Å². The fourth-order valence-corrected chi connectivity index (χ4v) is 2.80. The summed E-state index contributed by atoms with van der Waals surface area (Å²) in [5.74, 6) is 1.03. The number of rotatable bonds is 9. The van der Waals surface area contributed by atoms with E-state index < -0.39 is 0 Å². The molecule has 1 aliphatic rings. The average Bonchev–Trinajstić information content (AvgIpc) is 2.41. The molecule has 18 heavy (non-hydrogen) atoms. The molecule has 0 aromatic rings. The van der Waals surface area contributed by atoms with Gasteiger partial charge in [-0.25, -0.2) is 0 Å². The maximum atomic E-state index is 11.7. The van der Waals surface area contributed by atoms with Crippen LogP contribution in [0.25, 0.3) is 0 Å². The summed E-state index contributed by atoms with van der Waals surface area (Å²) in [5, 5.41) is 3.12. The molecule has 0 aromatic heterocycles. The van der Waals surface area contributed by atoms with E-state index in [0.29, 0.717) is 0 Å². The second-order valence-electron chi connectivity index (χ2n) is 5.83. The van der Waals surface area contributed by atoms with Crippen molar-refractivity contribution in [1.82, 2.24) is 5.32 Å². The van der Waals surface area contributed by atoms with Gasteiger partial charge in [-0.2, -0.15) is 0 Å². The highest BCUT2D eigenvalue weighted by atomic mass is 16.1. The average molecular weight is 253 g/mol. The molecule has 1 fully saturated rings. The number of unbranched alkanes of at least 4 members (excludes halogenated alkanes) is 5. The molecule has 106 valence electrons. The van der Waals surface area contributed by atoms with Gasteiger partial charge in [-0.15, -0.1) is 0 Å². The van der Waals surface area contributed by atoms with Crippen LogP contribution in [0.1, 0.15) is 84.0 Å². The number of hydrogen-bond donors (Lipinski definition) is 1. The predicted octanol–water partition coefficient (Wildman–Crippen LogP) is 4.43. The molecule has 1 saturated carbocycles. The molecule has 1 rings (SSSR count). The summed E-state index contributed by atoms with van der Waals surface area (Å²) in [5.41, 5.74) is 0. The van der Waals surface area contributed by atoms with Crippen LogP contribution < -0.4 is 5.32 Å². The first-order chi connectivity index (χ1) is 8.83. The first-order valence-electron chi connectivity index (χ1n) is 8.09. The molecule has 0 radical (unpaired) electrons. The van der Waals surface area contributed by atoms with Crippen LogP contribution in [0.2, 0.25) is 0 Å². The van der Waals surface area contributed by atoms with Gasteiger partial charge in [0.25, 0.3) is 0 Å². The number of nitrogens with one attached hydrogen (secondary N) is 1. The summed E-state index contributed by atoms with van der Waals surface area (Å²) in [6, 6.07) is 0. The van der Waals surface area contributed by atoms with Crippen LogP contribution in [0.5, 0.6) is 0 Å². The molecule has 0 saturated heterocycles. The molecule has 2 nitrogen and oxygen atoms in total. The molecule has 0 unspecified atom stereocenters. The lowest BCUT2D eigenvalue weighted by Gasteiger charge is -2.21. The second-order valence-corrected chi connectivity index (χ2v) is 5.83. The van der Waals surface area contributed by atoms with Crippen molar-refractivity contribution in [3.63, 3.8) is 0 Å². The molecule has 2 heteroatoms. The van der Waals surface area contributed by atoms with Crippen LogP contribution in [-0.4, -0.2) is 12.5 Å². The largest absolute Gasteiger partial charge is 0.356 e. The minimum atomic E-state index is 0.274. The van der Waals surface area contributed by atoms with Gasteiger partial charge in [0.1, 0.15) is 0 Å². The smallest absolute Gasteiger partial charge is 0.220 e. The van der Waals surface area contributed by atoms with E-state index in [4.69, 9.17) is 0 Å². The zero-order valence-corrected chi connectivity index (χ0v) is 12.2. The van der Waals surface area contributed by atoms with Gasteiger partial charge in [0, 0.05) is 13.0 Å². The molecule has 0 atom stereocenters. The first kappa shape index (κ1) is 15.5. The fraction of sp³-hybridized carbons (Fsp3) is 0.938. The first-order valence-corrected chi connectivity index (χ1v) is 8.09. The van der Waals surface area contributed by atoms with E-state index in [1.165, 1.54) is 64.2 Å². The van der Waals surface area contributed by atoms with E-state index in [1.807, 2.05) is 0 Å². The zero-order chi connectivity index (χ0) is 13.1. The summed E-state index contributed by atoms with van der Waals surface area (Å²) in [6.07, 6.45) is 15.0. The summed E-state index contributed by atoms with van der Waals surface area (Å²) >= 11 is 0. The Hall–Kier alpha value is -0.530. The molecule has 0 aliphatic heterocycles. The van der Waals surface area contributed by atoms with Gasteiger partial charge in [-0.3, -0.25) is 4.79 Å². The molecular weight excluding hydrogens is 222 g/mol. The van der Waals surface area contributed by atoms with Crippen molar-refractivity contribution in [3.05, 3.63) is 0 Å². The number of hydrogen-bond acceptors (Lipinski definition) is 1. The molecule has 0 spiro atoms. The van der Waals surface area contributed by atoms with Gasteiger partial charge < -0.3 is 5.32 Å². The Morgan fingerprint density at radius 2 is 1.67 bits per heavy atom. The van der Waals surface area contributed by atoms with Gasteiger partial charge in [-0.1, -0.05) is 58.3 Å². The van der Waals surface area contributed by atoms with Crippen molar-refractivity contribution in [1.29, 1.82) is 0 Å². The maximum absolute atomic E-state index is 11.7. The van der Waals surface area contributed by atoms with E-state index in [0.717, 1.165) is 25.3 Å². The summed E-state index contributed by atoms with van der Waals surface area (Å²) in [6.45, 7) is 3.16. The molecule has 1 amide bonds. The van der Waals surface area contributed by atoms with E-state index >= 15 is 0 Å². The topological polar surface area (TPSA) is 29.1 Å². The van der Waals surface area contributed by atoms with Gasteiger partial charge in [0.15, 0.2) is 0 Å². The highest BCUT2D eigenvalue weighted by Gasteiger charge is 2.13. The van der Waals surface area contributed by atoms with Gasteiger partial charge in [0.05, 0.1) is 0 Å². The summed E-state index contributed by atoms with van der Waals surface area (Å²) in [4.78, 5) is 11.7. The van der Waals surface area contributed by atoms with Crippen LogP contribution in [-0.2, 0) is 4.79 Å². The van der Waals surface area contributed by atoms with Crippen molar-refractivity contribution in [2.45, 2.75) is 84.0 Å². The Bertz CT molecular complexity index is 209. The third-order valence-electron chi connectivity index (χ3n) is 4.07. The Labute approximate surface area is 113 Å². The standard InChI is InChI=1S/C16H31NO/c1-2-3-4-5-6-10-13-16(18)17-14-15-11-8-7-9-12-15/h15H,2-14H2,1H3,(H,17,18). The van der Waals surface area contributed by atoms with E-state index in [1.54, 1.807) is 0 Å². The van der Waals surface area contributed by atoms with Crippen LogP contribution in [0, 0.1) is 5.92 Å². The van der Waals surface area contributed by atoms with Crippen LogP contribution >= 0.6 is 0 Å². The number of carbonyl (C=O) groups excluding carboxylic acids is 1. The molecule has 1 N–H and O–H groups in total. The minimum absolute atomic E-state index is 0.274. The van der Waals surface area contributed by atoms with E-state index in [9.17, 15) is 4.79 Å². The molecular formula is C16H31NO. The van der Waals surface area contributed by atoms with Crippen molar-refractivity contribution in [2.24, 2.45) is 5.92 Å². The van der Waals surface area contributed by atoms with Crippen LogP contribution in [0.15, 0.2) is 0 Å². The van der Waals surface area contributed by atoms with Gasteiger partial charge >= 0.3 is 0 Å². The summed E-state index contributed by atoms with van der Waals surface area (Å²) in [7, 11) is 0. The Balaban J connectivity index is 1.90. The lowest BCUT2D eigenvalue weighted by molar-refractivity contribution is -0.121. The third kappa shape index (κ3) is 7.73. The highest BCUT2D eigenvalue weighted by molar-refractivity contribution is 5.75. The Kier molecular flexibility index (Phi) is 8.97. The van der Waals surface area contributed by atoms with Crippen LogP contribution in [0.4, 0.5) is 0 Å². The molecule has 0 aromatic carbocycles.